The van der Waals surface area contributed by atoms with E-state index in [0.717, 1.165) is 78.8 Å². The average molecular weight is 614 g/mol. The predicted molar refractivity (Wildman–Crippen MR) is 175 cm³/mol. The molecule has 7 heteroatoms. The molecule has 242 valence electrons. The molecule has 1 aliphatic heterocycles. The number of amides is 2. The van der Waals surface area contributed by atoms with Crippen LogP contribution < -0.4 is 10.6 Å². The summed E-state index contributed by atoms with van der Waals surface area (Å²) in [7, 11) is 0. The Labute approximate surface area is 268 Å². The summed E-state index contributed by atoms with van der Waals surface area (Å²) < 4.78 is 13.3. The first-order chi connectivity index (χ1) is 22.0. The van der Waals surface area contributed by atoms with Crippen LogP contribution in [0.5, 0.6) is 0 Å². The van der Waals surface area contributed by atoms with Gasteiger partial charge in [0.05, 0.1) is 18.8 Å². The van der Waals surface area contributed by atoms with Crippen LogP contribution in [0.2, 0.25) is 0 Å². The van der Waals surface area contributed by atoms with Crippen molar-refractivity contribution in [3.05, 3.63) is 83.4 Å². The molecule has 2 aromatic carbocycles. The topological polar surface area (TPSA) is 83.1 Å². The Kier molecular flexibility index (Phi) is 9.32. The molecule has 2 amide bonds. The van der Waals surface area contributed by atoms with Gasteiger partial charge in [0.25, 0.3) is 0 Å². The van der Waals surface area contributed by atoms with Gasteiger partial charge in [0.15, 0.2) is 6.29 Å². The monoisotopic (exact) mass is 613 g/mol. The molecule has 0 spiro atoms. The van der Waals surface area contributed by atoms with E-state index in [4.69, 9.17) is 9.47 Å². The third-order valence-electron chi connectivity index (χ3n) is 11.4. The Morgan fingerprint density at radius 1 is 0.889 bits per heavy atom. The first kappa shape index (κ1) is 30.9. The minimum atomic E-state index is -0.484. The molecule has 3 atom stereocenters. The van der Waals surface area contributed by atoms with E-state index in [1.807, 2.05) is 18.2 Å². The fourth-order valence-corrected chi connectivity index (χ4v) is 9.63. The number of urea groups is 1. The van der Waals surface area contributed by atoms with Crippen molar-refractivity contribution in [2.24, 2.45) is 17.8 Å². The standard InChI is InChI=1S/C38H51N3O4/c1-2-15-41(33-5-3-4-6-33)24-34-19-35(31-11-9-27(25-42)10-12-31)45-36(44-34)32-13-7-26(8-14-32)23-39-37(43)40-38-20-28-16-29(21-38)18-30(17-28)22-38/h2,7-14,28-30,33-36,42H,1,3-6,15-25H2,(H2,39,40,43)/t28?,29?,30?,34-,35+,36+,38?/m1/s1. The average Bonchev–Trinajstić information content (AvgIpc) is 3.58. The molecule has 2 aromatic rings. The van der Waals surface area contributed by atoms with Crippen LogP contribution in [0.25, 0.3) is 0 Å². The van der Waals surface area contributed by atoms with Crippen LogP contribution in [-0.2, 0) is 22.6 Å². The van der Waals surface area contributed by atoms with E-state index >= 15 is 0 Å². The molecule has 0 unspecified atom stereocenters. The minimum Gasteiger partial charge on any atom is -0.392 e. The van der Waals surface area contributed by atoms with E-state index in [2.05, 4.69) is 58.5 Å². The SMILES string of the molecule is C=CCN(C[C@H]1C[C@@H](c2ccc(CO)cc2)O[C@@H](c2ccc(CNC(=O)NC34CC5CC(CC(C5)C3)C4)cc2)O1)C1CCCC1. The molecule has 7 nitrogen and oxygen atoms in total. The van der Waals surface area contributed by atoms with Gasteiger partial charge in [-0.05, 0) is 85.8 Å². The molecule has 45 heavy (non-hydrogen) atoms. The van der Waals surface area contributed by atoms with Crippen LogP contribution in [0.1, 0.15) is 105 Å². The Balaban J connectivity index is 0.999. The highest BCUT2D eigenvalue weighted by atomic mass is 16.7. The van der Waals surface area contributed by atoms with Crippen LogP contribution in [0.3, 0.4) is 0 Å². The van der Waals surface area contributed by atoms with Gasteiger partial charge in [-0.1, -0.05) is 67.4 Å². The van der Waals surface area contributed by atoms with Gasteiger partial charge < -0.3 is 25.2 Å². The summed E-state index contributed by atoms with van der Waals surface area (Å²) >= 11 is 0. The molecule has 1 heterocycles. The van der Waals surface area contributed by atoms with E-state index in [-0.39, 0.29) is 30.4 Å². The van der Waals surface area contributed by atoms with E-state index in [9.17, 15) is 9.90 Å². The van der Waals surface area contributed by atoms with Crippen molar-refractivity contribution in [3.8, 4) is 0 Å². The molecule has 3 N–H and O–H groups in total. The van der Waals surface area contributed by atoms with E-state index in [1.54, 1.807) is 0 Å². The fraction of sp³-hybridized carbons (Fsp3) is 0.605. The lowest BCUT2D eigenvalue weighted by Gasteiger charge is -2.56. The minimum absolute atomic E-state index is 0.0152. The lowest BCUT2D eigenvalue weighted by atomic mass is 9.53. The number of aliphatic hydroxyl groups excluding tert-OH is 1. The van der Waals surface area contributed by atoms with Gasteiger partial charge in [-0.25, -0.2) is 4.79 Å². The number of carbonyl (C=O) groups excluding carboxylic acids is 1. The maximum absolute atomic E-state index is 13.0. The Morgan fingerprint density at radius 2 is 1.51 bits per heavy atom. The zero-order valence-electron chi connectivity index (χ0n) is 26.7. The van der Waals surface area contributed by atoms with Crippen LogP contribution >= 0.6 is 0 Å². The van der Waals surface area contributed by atoms with E-state index < -0.39 is 6.29 Å². The highest BCUT2D eigenvalue weighted by molar-refractivity contribution is 5.75. The molecule has 0 aromatic heterocycles. The van der Waals surface area contributed by atoms with Gasteiger partial charge in [0.2, 0.25) is 0 Å². The second kappa shape index (κ2) is 13.6. The molecule has 6 aliphatic rings. The first-order valence-corrected chi connectivity index (χ1v) is 17.5. The van der Waals surface area contributed by atoms with Gasteiger partial charge in [-0.2, -0.15) is 0 Å². The molecule has 4 bridgehead atoms. The van der Waals surface area contributed by atoms with Crippen molar-refractivity contribution in [1.82, 2.24) is 15.5 Å². The highest BCUT2D eigenvalue weighted by Crippen LogP contribution is 2.55. The number of nitrogens with zero attached hydrogens (tertiary/aromatic N) is 1. The van der Waals surface area contributed by atoms with Crippen LogP contribution in [-0.4, -0.2) is 46.8 Å². The maximum atomic E-state index is 13.0. The van der Waals surface area contributed by atoms with Crippen LogP contribution in [0, 0.1) is 17.8 Å². The number of aliphatic hydroxyl groups is 1. The van der Waals surface area contributed by atoms with Gasteiger partial charge in [-0.15, -0.1) is 6.58 Å². The number of carbonyl (C=O) groups is 1. The normalized spacial score (nSPS) is 32.6. The van der Waals surface area contributed by atoms with Crippen molar-refractivity contribution in [3.63, 3.8) is 0 Å². The lowest BCUT2D eigenvalue weighted by molar-refractivity contribution is -0.253. The zero-order chi connectivity index (χ0) is 30.8. The van der Waals surface area contributed by atoms with Crippen molar-refractivity contribution < 1.29 is 19.4 Å². The quantitative estimate of drug-likeness (QED) is 0.240. The van der Waals surface area contributed by atoms with Gasteiger partial charge in [-0.3, -0.25) is 4.90 Å². The predicted octanol–water partition coefficient (Wildman–Crippen LogP) is 6.92. The summed E-state index contributed by atoms with van der Waals surface area (Å²) in [6.07, 6.45) is 14.8. The highest BCUT2D eigenvalue weighted by Gasteiger charge is 2.51. The molecule has 6 fully saturated rings. The van der Waals surface area contributed by atoms with Crippen molar-refractivity contribution in [1.29, 1.82) is 0 Å². The number of hydrogen-bond donors (Lipinski definition) is 3. The summed E-state index contributed by atoms with van der Waals surface area (Å²) in [6.45, 7) is 6.27. The third-order valence-corrected chi connectivity index (χ3v) is 11.4. The Hall–Kier alpha value is -2.71. The van der Waals surface area contributed by atoms with Crippen molar-refractivity contribution in [2.75, 3.05) is 13.1 Å². The van der Waals surface area contributed by atoms with Crippen molar-refractivity contribution >= 4 is 6.03 Å². The first-order valence-electron chi connectivity index (χ1n) is 17.5. The third kappa shape index (κ3) is 7.17. The van der Waals surface area contributed by atoms with Crippen LogP contribution in [0.15, 0.2) is 61.2 Å². The number of rotatable bonds is 11. The number of ether oxygens (including phenoxy) is 2. The summed E-state index contributed by atoms with van der Waals surface area (Å²) in [5.74, 6) is 2.42. The van der Waals surface area contributed by atoms with Crippen LogP contribution in [0.4, 0.5) is 4.79 Å². The fourth-order valence-electron chi connectivity index (χ4n) is 9.63. The maximum Gasteiger partial charge on any atom is 0.315 e. The smallest absolute Gasteiger partial charge is 0.315 e. The molecule has 0 radical (unpaired) electrons. The lowest BCUT2D eigenvalue weighted by Crippen LogP contribution is -2.61. The van der Waals surface area contributed by atoms with Crippen molar-refractivity contribution in [2.45, 2.75) is 114 Å². The van der Waals surface area contributed by atoms with Gasteiger partial charge in [0.1, 0.15) is 0 Å². The number of benzene rings is 2. The number of hydrogen-bond acceptors (Lipinski definition) is 5. The summed E-state index contributed by atoms with van der Waals surface area (Å²) in [6, 6.07) is 16.9. The molecule has 1 saturated heterocycles. The molecular weight excluding hydrogens is 562 g/mol. The summed E-state index contributed by atoms with van der Waals surface area (Å²) in [5, 5.41) is 16.1. The molecule has 8 rings (SSSR count). The van der Waals surface area contributed by atoms with Gasteiger partial charge >= 0.3 is 6.03 Å². The summed E-state index contributed by atoms with van der Waals surface area (Å²) in [5.41, 5.74) is 4.06. The summed E-state index contributed by atoms with van der Waals surface area (Å²) in [4.78, 5) is 15.5. The second-order valence-electron chi connectivity index (χ2n) is 14.8. The Morgan fingerprint density at radius 3 is 2.13 bits per heavy atom. The second-order valence-corrected chi connectivity index (χ2v) is 14.8. The van der Waals surface area contributed by atoms with E-state index in [0.29, 0.717) is 12.6 Å². The largest absolute Gasteiger partial charge is 0.392 e. The number of nitrogens with one attached hydrogen (secondary N) is 2. The molecule has 5 aliphatic carbocycles. The zero-order valence-corrected chi connectivity index (χ0v) is 26.7. The van der Waals surface area contributed by atoms with Gasteiger partial charge in [0, 0.05) is 43.2 Å². The molecule has 5 saturated carbocycles. The van der Waals surface area contributed by atoms with E-state index in [1.165, 1.54) is 44.9 Å². The Bertz CT molecular complexity index is 1270. The molecular formula is C38H51N3O4.